The molecule has 0 saturated carbocycles. The highest BCUT2D eigenvalue weighted by atomic mass is 35.5. The predicted octanol–water partition coefficient (Wildman–Crippen LogP) is 8.24. The average Bonchev–Trinajstić information content (AvgIpc) is 3.33. The van der Waals surface area contributed by atoms with E-state index in [9.17, 15) is 13.2 Å². The number of H-pyrrole nitrogens is 1. The van der Waals surface area contributed by atoms with E-state index in [0.29, 0.717) is 22.3 Å². The van der Waals surface area contributed by atoms with Crippen molar-refractivity contribution in [3.8, 4) is 22.8 Å². The zero-order valence-electron chi connectivity index (χ0n) is 17.5. The van der Waals surface area contributed by atoms with Gasteiger partial charge >= 0.3 is 6.18 Å². The molecule has 30 heavy (non-hydrogen) atoms. The number of allylic oxidation sites excluding steroid dienone is 4. The molecule has 0 aliphatic carbocycles. The molecule has 2 heterocycles. The lowest BCUT2D eigenvalue weighted by Crippen LogP contribution is -2.11. The molecule has 3 aromatic rings. The van der Waals surface area contributed by atoms with Gasteiger partial charge in [-0.05, 0) is 45.0 Å². The molecule has 0 radical (unpaired) electrons. The third-order valence-electron chi connectivity index (χ3n) is 4.23. The van der Waals surface area contributed by atoms with Crippen LogP contribution in [0.5, 0.6) is 0 Å². The summed E-state index contributed by atoms with van der Waals surface area (Å²) in [4.78, 5) is 7.65. The second kappa shape index (κ2) is 9.85. The summed E-state index contributed by atoms with van der Waals surface area (Å²) in [6.07, 6.45) is -2.08. The van der Waals surface area contributed by atoms with Gasteiger partial charge in [0.2, 0.25) is 0 Å². The molecule has 0 amide bonds. The number of hydrogen-bond donors (Lipinski definition) is 1. The van der Waals surface area contributed by atoms with Crippen LogP contribution in [-0.4, -0.2) is 16.1 Å². The number of benzene rings is 1. The SMILES string of the molecule is C/C=C\C(=C(/C)c1ccc(-c2nc(-c3cccc(Cl)c3)c(C)[nH]2)o1)C(F)(F)F.CC. The number of halogens is 4. The molecule has 2 aromatic heterocycles. The number of aromatic nitrogens is 2. The fourth-order valence-corrected chi connectivity index (χ4v) is 3.08. The van der Waals surface area contributed by atoms with Crippen molar-refractivity contribution >= 4 is 17.2 Å². The molecule has 1 N–H and O–H groups in total. The van der Waals surface area contributed by atoms with Crippen LogP contribution >= 0.6 is 11.6 Å². The lowest BCUT2D eigenvalue weighted by molar-refractivity contribution is -0.0877. The second-order valence-corrected chi connectivity index (χ2v) is 6.71. The summed E-state index contributed by atoms with van der Waals surface area (Å²) in [6.45, 7) is 8.78. The Labute approximate surface area is 179 Å². The van der Waals surface area contributed by atoms with E-state index in [0.717, 1.165) is 17.3 Å². The van der Waals surface area contributed by atoms with Crippen molar-refractivity contribution < 1.29 is 17.6 Å². The van der Waals surface area contributed by atoms with Crippen LogP contribution in [0.25, 0.3) is 28.4 Å². The highest BCUT2D eigenvalue weighted by Crippen LogP contribution is 2.35. The van der Waals surface area contributed by atoms with Gasteiger partial charge in [-0.2, -0.15) is 13.2 Å². The van der Waals surface area contributed by atoms with Crippen molar-refractivity contribution in [3.63, 3.8) is 0 Å². The minimum absolute atomic E-state index is 0.00944. The van der Waals surface area contributed by atoms with Crippen LogP contribution in [-0.2, 0) is 0 Å². The van der Waals surface area contributed by atoms with Crippen LogP contribution in [0, 0.1) is 6.92 Å². The maximum atomic E-state index is 13.3. The van der Waals surface area contributed by atoms with E-state index >= 15 is 0 Å². The van der Waals surface area contributed by atoms with E-state index in [1.807, 2.05) is 32.9 Å². The summed E-state index contributed by atoms with van der Waals surface area (Å²) < 4.78 is 45.5. The van der Waals surface area contributed by atoms with Crippen LogP contribution < -0.4 is 0 Å². The molecule has 0 atom stereocenters. The van der Waals surface area contributed by atoms with Gasteiger partial charge in [0.15, 0.2) is 11.6 Å². The molecule has 0 aliphatic heterocycles. The van der Waals surface area contributed by atoms with Crippen molar-refractivity contribution in [2.45, 2.75) is 40.8 Å². The van der Waals surface area contributed by atoms with Crippen molar-refractivity contribution in [3.05, 3.63) is 70.6 Å². The number of alkyl halides is 3. The Hall–Kier alpha value is -2.73. The van der Waals surface area contributed by atoms with Gasteiger partial charge < -0.3 is 9.40 Å². The van der Waals surface area contributed by atoms with Gasteiger partial charge in [0.25, 0.3) is 0 Å². The Morgan fingerprint density at radius 2 is 1.87 bits per heavy atom. The molecule has 0 spiro atoms. The third-order valence-corrected chi connectivity index (χ3v) is 4.47. The van der Waals surface area contributed by atoms with E-state index in [2.05, 4.69) is 9.97 Å². The van der Waals surface area contributed by atoms with Gasteiger partial charge in [-0.3, -0.25) is 0 Å². The number of aryl methyl sites for hydroxylation is 1. The molecule has 0 fully saturated rings. The Morgan fingerprint density at radius 3 is 2.47 bits per heavy atom. The highest BCUT2D eigenvalue weighted by Gasteiger charge is 2.34. The fourth-order valence-electron chi connectivity index (χ4n) is 2.89. The highest BCUT2D eigenvalue weighted by molar-refractivity contribution is 6.30. The first-order valence-corrected chi connectivity index (χ1v) is 9.92. The van der Waals surface area contributed by atoms with Gasteiger partial charge in [0.05, 0.1) is 11.3 Å². The molecule has 0 bridgehead atoms. The maximum Gasteiger partial charge on any atom is 0.416 e. The summed E-state index contributed by atoms with van der Waals surface area (Å²) in [7, 11) is 0. The lowest BCUT2D eigenvalue weighted by Gasteiger charge is -2.10. The van der Waals surface area contributed by atoms with Crippen LogP contribution in [0.15, 0.2) is 58.5 Å². The van der Waals surface area contributed by atoms with E-state index in [1.165, 1.54) is 26.0 Å². The molecule has 1 aromatic carbocycles. The van der Waals surface area contributed by atoms with E-state index in [1.54, 1.807) is 18.2 Å². The Balaban J connectivity index is 0.00000155. The molecular weight excluding hydrogens is 413 g/mol. The quantitative estimate of drug-likeness (QED) is 0.418. The molecule has 0 saturated heterocycles. The molecule has 0 unspecified atom stereocenters. The van der Waals surface area contributed by atoms with Crippen LogP contribution in [0.4, 0.5) is 13.2 Å². The topological polar surface area (TPSA) is 41.8 Å². The second-order valence-electron chi connectivity index (χ2n) is 6.27. The molecule has 7 heteroatoms. The third kappa shape index (κ3) is 5.25. The first kappa shape index (κ1) is 23.5. The Kier molecular flexibility index (Phi) is 7.73. The van der Waals surface area contributed by atoms with Crippen molar-refractivity contribution in [2.24, 2.45) is 0 Å². The standard InChI is InChI=1S/C21H18ClF3N2O.C2H6/c1-4-6-16(21(23,24)25)12(2)17-9-10-18(28-17)20-26-13(3)19(27-20)14-7-5-8-15(22)11-14;1-2/h4-11H,1-3H3,(H,26,27);1-2H3/b6-4-,16-12-;. The van der Waals surface area contributed by atoms with Gasteiger partial charge in [-0.15, -0.1) is 0 Å². The number of nitrogens with zero attached hydrogens (tertiary/aromatic N) is 1. The number of furan rings is 1. The molecular formula is C23H24ClF3N2O. The number of rotatable bonds is 4. The van der Waals surface area contributed by atoms with Crippen molar-refractivity contribution in [2.75, 3.05) is 0 Å². The van der Waals surface area contributed by atoms with Crippen LogP contribution in [0.1, 0.15) is 39.1 Å². The van der Waals surface area contributed by atoms with Crippen molar-refractivity contribution in [1.29, 1.82) is 0 Å². The normalized spacial score (nSPS) is 12.6. The summed E-state index contributed by atoms with van der Waals surface area (Å²) in [5.41, 5.74) is 1.60. The maximum absolute atomic E-state index is 13.3. The first-order valence-electron chi connectivity index (χ1n) is 9.54. The Bertz CT molecular complexity index is 1060. The van der Waals surface area contributed by atoms with Gasteiger partial charge in [0.1, 0.15) is 5.76 Å². The smallest absolute Gasteiger partial charge is 0.416 e. The Morgan fingerprint density at radius 1 is 1.17 bits per heavy atom. The lowest BCUT2D eigenvalue weighted by atomic mass is 10.1. The van der Waals surface area contributed by atoms with E-state index < -0.39 is 11.7 Å². The monoisotopic (exact) mass is 436 g/mol. The summed E-state index contributed by atoms with van der Waals surface area (Å²) in [5, 5.41) is 0.589. The molecule has 0 aliphatic rings. The van der Waals surface area contributed by atoms with Gasteiger partial charge in [0, 0.05) is 21.9 Å². The van der Waals surface area contributed by atoms with E-state index in [-0.39, 0.29) is 11.3 Å². The predicted molar refractivity (Wildman–Crippen MR) is 116 cm³/mol. The summed E-state index contributed by atoms with van der Waals surface area (Å²) in [6, 6.07) is 10.4. The summed E-state index contributed by atoms with van der Waals surface area (Å²) in [5.74, 6) is 0.928. The largest absolute Gasteiger partial charge is 0.453 e. The summed E-state index contributed by atoms with van der Waals surface area (Å²) >= 11 is 6.04. The average molecular weight is 437 g/mol. The van der Waals surface area contributed by atoms with Gasteiger partial charge in [-0.25, -0.2) is 4.98 Å². The van der Waals surface area contributed by atoms with E-state index in [4.69, 9.17) is 16.0 Å². The van der Waals surface area contributed by atoms with Crippen molar-refractivity contribution in [1.82, 2.24) is 9.97 Å². The zero-order chi connectivity index (χ0) is 22.5. The first-order chi connectivity index (χ1) is 14.2. The minimum atomic E-state index is -4.47. The molecule has 3 rings (SSSR count). The molecule has 3 nitrogen and oxygen atoms in total. The number of imidazole rings is 1. The van der Waals surface area contributed by atoms with Crippen LogP contribution in [0.2, 0.25) is 5.02 Å². The number of nitrogens with one attached hydrogen (secondary N) is 1. The van der Waals surface area contributed by atoms with Gasteiger partial charge in [-0.1, -0.05) is 49.7 Å². The zero-order valence-corrected chi connectivity index (χ0v) is 18.2. The molecule has 160 valence electrons. The number of aromatic amines is 1. The minimum Gasteiger partial charge on any atom is -0.453 e. The van der Waals surface area contributed by atoms with Crippen LogP contribution in [0.3, 0.4) is 0 Å². The number of hydrogen-bond acceptors (Lipinski definition) is 2. The fraction of sp³-hybridized carbons (Fsp3) is 0.261.